The van der Waals surface area contributed by atoms with Gasteiger partial charge in [0.05, 0.1) is 36.6 Å². The van der Waals surface area contributed by atoms with Crippen LogP contribution in [0.15, 0.2) is 36.5 Å². The molecule has 0 aromatic heterocycles. The second-order valence-corrected chi connectivity index (χ2v) is 18.0. The van der Waals surface area contributed by atoms with Crippen LogP contribution in [0.25, 0.3) is 0 Å². The molecule has 5 N–H and O–H groups in total. The summed E-state index contributed by atoms with van der Waals surface area (Å²) in [6.45, 7) is 19.1. The van der Waals surface area contributed by atoms with Gasteiger partial charge in [-0.25, -0.2) is 4.79 Å². The van der Waals surface area contributed by atoms with Crippen LogP contribution in [-0.4, -0.2) is 97.2 Å². The van der Waals surface area contributed by atoms with Gasteiger partial charge in [-0.05, 0) is 70.1 Å². The predicted octanol–water partition coefficient (Wildman–Crippen LogP) is 5.88. The van der Waals surface area contributed by atoms with E-state index in [0.717, 1.165) is 19.3 Å². The van der Waals surface area contributed by atoms with E-state index in [0.29, 0.717) is 25.7 Å². The lowest BCUT2D eigenvalue weighted by molar-refractivity contribution is -0.371. The number of fused-ring (bicyclic) bond motifs is 2. The summed E-state index contributed by atoms with van der Waals surface area (Å²) in [5.41, 5.74) is -2.18. The molecule has 56 heavy (non-hydrogen) atoms. The Hall–Kier alpha value is -2.25. The minimum absolute atomic E-state index is 0.168. The van der Waals surface area contributed by atoms with E-state index in [4.69, 9.17) is 14.2 Å². The number of hydrogen-bond acceptors (Lipinski definition) is 11. The summed E-state index contributed by atoms with van der Waals surface area (Å²) in [7, 11) is 0. The van der Waals surface area contributed by atoms with Crippen molar-refractivity contribution >= 4 is 17.5 Å². The summed E-state index contributed by atoms with van der Waals surface area (Å²) in [6, 6.07) is 0. The van der Waals surface area contributed by atoms with Crippen molar-refractivity contribution in [3.8, 4) is 0 Å². The van der Waals surface area contributed by atoms with Crippen LogP contribution in [0, 0.1) is 53.3 Å². The van der Waals surface area contributed by atoms with Crippen molar-refractivity contribution in [1.29, 1.82) is 0 Å². The molecule has 320 valence electrons. The topological polar surface area (TPSA) is 180 Å². The van der Waals surface area contributed by atoms with Crippen LogP contribution in [0.5, 0.6) is 0 Å². The van der Waals surface area contributed by atoms with Crippen molar-refractivity contribution in [3.05, 3.63) is 36.5 Å². The first-order valence-electron chi connectivity index (χ1n) is 21.2. The number of aliphatic hydroxyl groups is 5. The molecule has 11 heteroatoms. The molecule has 3 aliphatic rings. The van der Waals surface area contributed by atoms with E-state index in [2.05, 4.69) is 19.9 Å². The number of ether oxygens (including phenoxy) is 3. The standard InChI is InChI=1S/C45H74O11/c1-12-34-17-15-13-14-16-27(4)42(51)44(11,53)43(52)32(9)40(50)31(8)39(49)30(7)38(48)26(3)18-21-37(47)54-41-29(6)35(20-19-34)55-45(33(41)10)23-22-25(2)36(56-45)24-28(5)46/h13-15,17-18,21,25-36,38,40-42,46,48,50-51,53H,12,16,19-20,22-24H2,1-11H3/b14-13+,17-15-,21-18+/t25-,26-,27+,28+,29-,30-,31-,32-,33-,34-,35?,36-,38+,40+,41?,42-,44+,45-/m1/s1. The number of rotatable bonds is 3. The minimum atomic E-state index is -2.18. The predicted molar refractivity (Wildman–Crippen MR) is 215 cm³/mol. The quantitative estimate of drug-likeness (QED) is 0.216. The zero-order chi connectivity index (χ0) is 42.3. The normalized spacial score (nSPS) is 46.8. The zero-order valence-electron chi connectivity index (χ0n) is 35.8. The third-order valence-electron chi connectivity index (χ3n) is 13.4. The molecule has 2 unspecified atom stereocenters. The molecule has 3 rings (SSSR count). The molecule has 11 nitrogen and oxygen atoms in total. The van der Waals surface area contributed by atoms with Crippen molar-refractivity contribution in [2.24, 2.45) is 53.3 Å². The van der Waals surface area contributed by atoms with Gasteiger partial charge in [0.1, 0.15) is 17.5 Å². The fourth-order valence-corrected chi connectivity index (χ4v) is 9.01. The molecular weight excluding hydrogens is 716 g/mol. The number of aliphatic hydroxyl groups excluding tert-OH is 4. The van der Waals surface area contributed by atoms with E-state index in [9.17, 15) is 39.9 Å². The van der Waals surface area contributed by atoms with Crippen LogP contribution < -0.4 is 0 Å². The molecule has 0 aromatic rings. The lowest BCUT2D eigenvalue weighted by Crippen LogP contribution is -2.62. The second kappa shape index (κ2) is 20.6. The molecule has 0 amide bonds. The largest absolute Gasteiger partial charge is 0.458 e. The molecule has 0 aromatic carbocycles. The smallest absolute Gasteiger partial charge is 0.330 e. The average Bonchev–Trinajstić information content (AvgIpc) is 3.16. The van der Waals surface area contributed by atoms with Gasteiger partial charge in [0.2, 0.25) is 0 Å². The number of ketones is 2. The minimum Gasteiger partial charge on any atom is -0.458 e. The lowest BCUT2D eigenvalue weighted by atomic mass is 9.74. The molecule has 3 aliphatic heterocycles. The maximum Gasteiger partial charge on any atom is 0.330 e. The van der Waals surface area contributed by atoms with E-state index in [1.165, 1.54) is 39.8 Å². The van der Waals surface area contributed by atoms with E-state index >= 15 is 0 Å². The lowest BCUT2D eigenvalue weighted by Gasteiger charge is -2.55. The first kappa shape index (κ1) is 48.1. The Bertz CT molecular complexity index is 1390. The van der Waals surface area contributed by atoms with Gasteiger partial charge in [-0.15, -0.1) is 0 Å². The molecule has 2 fully saturated rings. The van der Waals surface area contributed by atoms with Gasteiger partial charge in [0, 0.05) is 48.0 Å². The van der Waals surface area contributed by atoms with Gasteiger partial charge >= 0.3 is 5.97 Å². The summed E-state index contributed by atoms with van der Waals surface area (Å²) in [4.78, 5) is 40.5. The summed E-state index contributed by atoms with van der Waals surface area (Å²) < 4.78 is 20.0. The van der Waals surface area contributed by atoms with Gasteiger partial charge in [-0.1, -0.05) is 92.7 Å². The molecule has 0 radical (unpaired) electrons. The van der Waals surface area contributed by atoms with Crippen LogP contribution >= 0.6 is 0 Å². The van der Waals surface area contributed by atoms with Crippen LogP contribution in [-0.2, 0) is 28.6 Å². The molecule has 0 saturated carbocycles. The third-order valence-corrected chi connectivity index (χ3v) is 13.4. The van der Waals surface area contributed by atoms with Crippen molar-refractivity contribution < 1.29 is 54.1 Å². The fraction of sp³-hybridized carbons (Fsp3) is 0.800. The number of carbonyl (C=O) groups excluding carboxylic acids is 3. The van der Waals surface area contributed by atoms with Crippen LogP contribution in [0.3, 0.4) is 0 Å². The maximum absolute atomic E-state index is 13.5. The highest BCUT2D eigenvalue weighted by molar-refractivity contribution is 5.91. The van der Waals surface area contributed by atoms with Gasteiger partial charge in [-0.3, -0.25) is 9.59 Å². The Balaban J connectivity index is 1.99. The highest BCUT2D eigenvalue weighted by Gasteiger charge is 2.56. The molecular formula is C45H74O11. The number of Topliss-reactive ketones (excluding diaryl/α,β-unsaturated/α-hetero) is 2. The van der Waals surface area contributed by atoms with Crippen LogP contribution in [0.1, 0.15) is 121 Å². The summed E-state index contributed by atoms with van der Waals surface area (Å²) in [5.74, 6) is -7.28. The van der Waals surface area contributed by atoms with Crippen molar-refractivity contribution in [3.63, 3.8) is 0 Å². The Morgan fingerprint density at radius 1 is 0.839 bits per heavy atom. The highest BCUT2D eigenvalue weighted by Crippen LogP contribution is 2.49. The fourth-order valence-electron chi connectivity index (χ4n) is 9.01. The molecule has 2 bridgehead atoms. The van der Waals surface area contributed by atoms with E-state index in [-0.39, 0.29) is 35.9 Å². The monoisotopic (exact) mass is 791 g/mol. The SMILES string of the molecule is CC[C@@H]1/C=C\C=C\C[C@H](C)[C@@H](O)[C@](C)(O)C(=O)[C@H](C)[C@@H](O)[C@H](C)C(=O)[C@H](C)[C@@H](O)[C@H](C)/C=C/C(=O)OC2[C@H](C)C(CC1)O[C@@]1(CC[C@@H](C)[C@@H](C[C@H](C)O)O1)[C@@H]2C. The maximum atomic E-state index is 13.5. The molecule has 3 heterocycles. The molecule has 1 spiro atoms. The number of esters is 1. The average molecular weight is 791 g/mol. The Labute approximate surface area is 336 Å². The van der Waals surface area contributed by atoms with Crippen molar-refractivity contribution in [1.82, 2.24) is 0 Å². The summed E-state index contributed by atoms with van der Waals surface area (Å²) in [6.07, 6.45) is 9.62. The summed E-state index contributed by atoms with van der Waals surface area (Å²) in [5, 5.41) is 55.0. The van der Waals surface area contributed by atoms with Gasteiger partial charge < -0.3 is 39.7 Å². The Morgan fingerprint density at radius 3 is 2.11 bits per heavy atom. The third kappa shape index (κ3) is 11.5. The second-order valence-electron chi connectivity index (χ2n) is 18.0. The molecule has 18 atom stereocenters. The molecule has 0 aliphatic carbocycles. The Kier molecular flexibility index (Phi) is 17.7. The van der Waals surface area contributed by atoms with E-state index < -0.39 is 89.0 Å². The number of hydrogen-bond donors (Lipinski definition) is 5. The Morgan fingerprint density at radius 2 is 1.48 bits per heavy atom. The zero-order valence-corrected chi connectivity index (χ0v) is 35.8. The van der Waals surface area contributed by atoms with Gasteiger partial charge in [0.25, 0.3) is 0 Å². The van der Waals surface area contributed by atoms with Crippen molar-refractivity contribution in [2.45, 2.75) is 175 Å². The number of allylic oxidation sites excluding steroid dienone is 4. The number of carbonyl (C=O) groups is 3. The van der Waals surface area contributed by atoms with Crippen LogP contribution in [0.4, 0.5) is 0 Å². The highest BCUT2D eigenvalue weighted by atomic mass is 16.7. The first-order chi connectivity index (χ1) is 26.1. The van der Waals surface area contributed by atoms with Crippen LogP contribution in [0.2, 0.25) is 0 Å². The van der Waals surface area contributed by atoms with E-state index in [1.807, 2.05) is 32.1 Å². The van der Waals surface area contributed by atoms with E-state index in [1.54, 1.807) is 20.8 Å². The molecule has 2 saturated heterocycles. The van der Waals surface area contributed by atoms with Gasteiger partial charge in [0.15, 0.2) is 11.6 Å². The van der Waals surface area contributed by atoms with Crippen molar-refractivity contribution in [2.75, 3.05) is 0 Å². The first-order valence-corrected chi connectivity index (χ1v) is 21.2. The van der Waals surface area contributed by atoms with Gasteiger partial charge in [-0.2, -0.15) is 0 Å². The summed E-state index contributed by atoms with van der Waals surface area (Å²) >= 11 is 0.